The van der Waals surface area contributed by atoms with Gasteiger partial charge in [-0.3, -0.25) is 0 Å². The summed E-state index contributed by atoms with van der Waals surface area (Å²) in [5.41, 5.74) is 2.22. The van der Waals surface area contributed by atoms with Crippen molar-refractivity contribution in [2.24, 2.45) is 0 Å². The summed E-state index contributed by atoms with van der Waals surface area (Å²) in [7, 11) is 4.96. The van der Waals surface area contributed by atoms with E-state index in [2.05, 4.69) is 37.1 Å². The van der Waals surface area contributed by atoms with Gasteiger partial charge in [-0.2, -0.15) is 0 Å². The zero-order valence-corrected chi connectivity index (χ0v) is 20.0. The molecule has 0 aliphatic carbocycles. The lowest BCUT2D eigenvalue weighted by molar-refractivity contribution is 0.184. The fourth-order valence-corrected chi connectivity index (χ4v) is 4.22. The molecule has 168 valence electrons. The smallest absolute Gasteiger partial charge is 0.169 e. The first-order valence-corrected chi connectivity index (χ1v) is 10.8. The van der Waals surface area contributed by atoms with Gasteiger partial charge in [0.1, 0.15) is 18.1 Å². The van der Waals surface area contributed by atoms with E-state index in [4.69, 9.17) is 31.2 Å². The van der Waals surface area contributed by atoms with Gasteiger partial charge in [0.05, 0.1) is 27.4 Å². The molecule has 0 saturated heterocycles. The fraction of sp³-hybridized carbons (Fsp3) is 0.458. The van der Waals surface area contributed by atoms with Crippen molar-refractivity contribution in [1.82, 2.24) is 10.2 Å². The molecule has 0 radical (unpaired) electrons. The second-order valence-electron chi connectivity index (χ2n) is 8.53. The number of benzene rings is 2. The van der Waals surface area contributed by atoms with Gasteiger partial charge in [0, 0.05) is 12.1 Å². The van der Waals surface area contributed by atoms with Crippen molar-refractivity contribution in [3.05, 3.63) is 47.5 Å². The number of rotatable bonds is 6. The molecule has 31 heavy (non-hydrogen) atoms. The lowest BCUT2D eigenvalue weighted by Crippen LogP contribution is -2.52. The standard InChI is InChI=1S/C24H32N2O4S/c1-24(2,3)25-23(31)26-12-11-16-13-21(28-5)22(29-6)14-19(16)20(26)15-30-18-9-7-17(27-4)8-10-18/h7-10,13-14,20H,11-12,15H2,1-6H3,(H,25,31)/t20-/m0/s1. The predicted octanol–water partition coefficient (Wildman–Crippen LogP) is 4.36. The third-order valence-electron chi connectivity index (χ3n) is 5.21. The maximum atomic E-state index is 6.19. The van der Waals surface area contributed by atoms with E-state index in [-0.39, 0.29) is 11.6 Å². The Bertz CT molecular complexity index is 909. The molecule has 3 rings (SSSR count). The normalized spacial score (nSPS) is 15.7. The highest BCUT2D eigenvalue weighted by Gasteiger charge is 2.32. The molecule has 0 saturated carbocycles. The molecule has 1 aliphatic heterocycles. The van der Waals surface area contributed by atoms with E-state index in [0.29, 0.717) is 12.4 Å². The first-order valence-electron chi connectivity index (χ1n) is 10.4. The van der Waals surface area contributed by atoms with Crippen molar-refractivity contribution in [3.8, 4) is 23.0 Å². The zero-order valence-electron chi connectivity index (χ0n) is 19.2. The van der Waals surface area contributed by atoms with Crippen LogP contribution in [0.4, 0.5) is 0 Å². The number of nitrogens with zero attached hydrogens (tertiary/aromatic N) is 1. The first kappa shape index (κ1) is 23.0. The Hall–Kier alpha value is -2.67. The summed E-state index contributed by atoms with van der Waals surface area (Å²) in [4.78, 5) is 2.21. The van der Waals surface area contributed by atoms with E-state index in [1.54, 1.807) is 21.3 Å². The van der Waals surface area contributed by atoms with Crippen molar-refractivity contribution in [2.75, 3.05) is 34.5 Å². The minimum Gasteiger partial charge on any atom is -0.497 e. The molecule has 1 aliphatic rings. The van der Waals surface area contributed by atoms with Gasteiger partial charge in [-0.15, -0.1) is 0 Å². The van der Waals surface area contributed by atoms with E-state index in [1.165, 1.54) is 5.56 Å². The van der Waals surface area contributed by atoms with Crippen LogP contribution >= 0.6 is 12.2 Å². The molecule has 0 aromatic heterocycles. The quantitative estimate of drug-likeness (QED) is 0.664. The Balaban J connectivity index is 1.92. The highest BCUT2D eigenvalue weighted by atomic mass is 32.1. The Kier molecular flexibility index (Phi) is 7.15. The average Bonchev–Trinajstić information content (AvgIpc) is 2.75. The second kappa shape index (κ2) is 9.64. The van der Waals surface area contributed by atoms with Gasteiger partial charge in [-0.25, -0.2) is 0 Å². The molecule has 2 aromatic rings. The maximum absolute atomic E-state index is 6.19. The Morgan fingerprint density at radius 1 is 1.00 bits per heavy atom. The number of hydrogen-bond donors (Lipinski definition) is 1. The van der Waals surface area contributed by atoms with E-state index in [0.717, 1.165) is 40.9 Å². The highest BCUT2D eigenvalue weighted by Crippen LogP contribution is 2.38. The van der Waals surface area contributed by atoms with Crippen molar-refractivity contribution in [1.29, 1.82) is 0 Å². The number of hydrogen-bond acceptors (Lipinski definition) is 5. The van der Waals surface area contributed by atoms with Crippen LogP contribution in [0.3, 0.4) is 0 Å². The molecular formula is C24H32N2O4S. The maximum Gasteiger partial charge on any atom is 0.169 e. The Morgan fingerprint density at radius 2 is 1.61 bits per heavy atom. The van der Waals surface area contributed by atoms with Crippen LogP contribution in [0.5, 0.6) is 23.0 Å². The summed E-state index contributed by atoms with van der Waals surface area (Å²) in [6.45, 7) is 7.55. The minimum absolute atomic E-state index is 0.0620. The summed E-state index contributed by atoms with van der Waals surface area (Å²) in [6, 6.07) is 11.6. The molecule has 0 fully saturated rings. The molecule has 6 nitrogen and oxygen atoms in total. The van der Waals surface area contributed by atoms with Crippen LogP contribution < -0.4 is 24.3 Å². The number of nitrogens with one attached hydrogen (secondary N) is 1. The SMILES string of the molecule is COc1ccc(OC[C@H]2c3cc(OC)c(OC)cc3CCN2C(=S)NC(C)(C)C)cc1. The molecule has 1 heterocycles. The van der Waals surface area contributed by atoms with Crippen LogP contribution in [0.25, 0.3) is 0 Å². The summed E-state index contributed by atoms with van der Waals surface area (Å²) in [6.07, 6.45) is 0.862. The van der Waals surface area contributed by atoms with Gasteiger partial charge in [-0.05, 0) is 86.9 Å². The molecule has 1 N–H and O–H groups in total. The van der Waals surface area contributed by atoms with E-state index in [1.807, 2.05) is 30.3 Å². The van der Waals surface area contributed by atoms with Crippen molar-refractivity contribution in [3.63, 3.8) is 0 Å². The van der Waals surface area contributed by atoms with Crippen LogP contribution in [0.2, 0.25) is 0 Å². The molecule has 0 spiro atoms. The molecule has 0 bridgehead atoms. The topological polar surface area (TPSA) is 52.2 Å². The third-order valence-corrected chi connectivity index (χ3v) is 5.55. The Morgan fingerprint density at radius 3 is 2.19 bits per heavy atom. The van der Waals surface area contributed by atoms with Gasteiger partial charge in [0.2, 0.25) is 0 Å². The fourth-order valence-electron chi connectivity index (χ4n) is 3.69. The van der Waals surface area contributed by atoms with E-state index < -0.39 is 0 Å². The lowest BCUT2D eigenvalue weighted by atomic mass is 9.92. The van der Waals surface area contributed by atoms with Gasteiger partial charge in [0.15, 0.2) is 16.6 Å². The van der Waals surface area contributed by atoms with Gasteiger partial charge in [0.25, 0.3) is 0 Å². The zero-order chi connectivity index (χ0) is 22.6. The summed E-state index contributed by atoms with van der Waals surface area (Å²) >= 11 is 5.79. The molecule has 0 amide bonds. The van der Waals surface area contributed by atoms with Crippen molar-refractivity contribution >= 4 is 17.3 Å². The van der Waals surface area contributed by atoms with Crippen LogP contribution in [-0.4, -0.2) is 50.0 Å². The van der Waals surface area contributed by atoms with Crippen molar-refractivity contribution < 1.29 is 18.9 Å². The summed E-state index contributed by atoms with van der Waals surface area (Å²) in [5.74, 6) is 3.01. The van der Waals surface area contributed by atoms with Gasteiger partial charge < -0.3 is 29.2 Å². The van der Waals surface area contributed by atoms with Crippen LogP contribution in [0.1, 0.15) is 37.9 Å². The Labute approximate surface area is 190 Å². The number of fused-ring (bicyclic) bond motifs is 1. The van der Waals surface area contributed by atoms with Crippen LogP contribution in [0, 0.1) is 0 Å². The molecule has 7 heteroatoms. The van der Waals surface area contributed by atoms with Gasteiger partial charge >= 0.3 is 0 Å². The number of ether oxygens (including phenoxy) is 4. The monoisotopic (exact) mass is 444 g/mol. The molecular weight excluding hydrogens is 412 g/mol. The molecule has 1 atom stereocenters. The number of methoxy groups -OCH3 is 3. The molecule has 2 aromatic carbocycles. The summed E-state index contributed by atoms with van der Waals surface area (Å²) in [5, 5.41) is 4.16. The third kappa shape index (κ3) is 5.53. The van der Waals surface area contributed by atoms with Crippen LogP contribution in [0.15, 0.2) is 36.4 Å². The highest BCUT2D eigenvalue weighted by molar-refractivity contribution is 7.80. The summed E-state index contributed by atoms with van der Waals surface area (Å²) < 4.78 is 22.5. The minimum atomic E-state index is -0.129. The first-order chi connectivity index (χ1) is 14.8. The second-order valence-corrected chi connectivity index (χ2v) is 8.92. The van der Waals surface area contributed by atoms with Gasteiger partial charge in [-0.1, -0.05) is 0 Å². The number of thiocarbonyl (C=S) groups is 1. The van der Waals surface area contributed by atoms with Crippen molar-refractivity contribution in [2.45, 2.75) is 38.8 Å². The largest absolute Gasteiger partial charge is 0.497 e. The molecule has 0 unspecified atom stereocenters. The van der Waals surface area contributed by atoms with E-state index >= 15 is 0 Å². The van der Waals surface area contributed by atoms with Crippen LogP contribution in [-0.2, 0) is 6.42 Å². The predicted molar refractivity (Wildman–Crippen MR) is 127 cm³/mol. The lowest BCUT2D eigenvalue weighted by Gasteiger charge is -2.41. The average molecular weight is 445 g/mol. The van der Waals surface area contributed by atoms with E-state index in [9.17, 15) is 0 Å².